The number of nitro groups is 1. The number of carbonyl (C=O) groups excluding carboxylic acids is 1. The fourth-order valence-electron chi connectivity index (χ4n) is 2.95. The minimum absolute atomic E-state index is 0.0208. The fraction of sp³-hybridized carbons (Fsp3) is 0.0526. The molecule has 4 rings (SSSR count). The molecule has 0 saturated heterocycles. The van der Waals surface area contributed by atoms with Gasteiger partial charge in [0.1, 0.15) is 5.69 Å². The van der Waals surface area contributed by atoms with Crippen LogP contribution in [0.5, 0.6) is 0 Å². The largest absolute Gasteiger partial charge is 0.378 e. The molecule has 4 aromatic rings. The number of amides is 1. The van der Waals surface area contributed by atoms with Crippen LogP contribution in [0.1, 0.15) is 23.0 Å². The van der Waals surface area contributed by atoms with Gasteiger partial charge in [0.05, 0.1) is 15.7 Å². The highest BCUT2D eigenvalue weighted by Crippen LogP contribution is 2.28. The van der Waals surface area contributed by atoms with E-state index in [1.54, 1.807) is 25.1 Å². The Morgan fingerprint density at radius 3 is 2.56 bits per heavy atom. The molecule has 0 aliphatic rings. The number of rotatable bonds is 6. The molecule has 0 saturated carbocycles. The third-order valence-corrected chi connectivity index (χ3v) is 5.13. The minimum Gasteiger partial charge on any atom is -0.378 e. The number of benzene rings is 2. The van der Waals surface area contributed by atoms with Crippen LogP contribution in [0.3, 0.4) is 0 Å². The molecular weight excluding hydrogens is 489 g/mol. The summed E-state index contributed by atoms with van der Waals surface area (Å²) in [7, 11) is 0. The number of carbonyl (C=O) groups is 1. The van der Waals surface area contributed by atoms with Crippen molar-refractivity contribution in [2.24, 2.45) is 5.10 Å². The van der Waals surface area contributed by atoms with E-state index in [4.69, 9.17) is 28.9 Å². The molecule has 0 aliphatic heterocycles. The van der Waals surface area contributed by atoms with Crippen molar-refractivity contribution in [1.29, 1.82) is 0 Å². The second-order valence-electron chi connectivity index (χ2n) is 6.74. The third kappa shape index (κ3) is 4.42. The number of hydrogen-bond acceptors (Lipinski definition) is 10. The number of nitro benzene ring substituents is 1. The molecule has 1 amide bonds. The van der Waals surface area contributed by atoms with Gasteiger partial charge in [-0.05, 0) is 41.5 Å². The van der Waals surface area contributed by atoms with Gasteiger partial charge in [0, 0.05) is 28.3 Å². The van der Waals surface area contributed by atoms with Crippen LogP contribution in [-0.4, -0.2) is 41.8 Å². The average Bonchev–Trinajstić information content (AvgIpc) is 3.43. The van der Waals surface area contributed by atoms with Crippen LogP contribution in [-0.2, 0) is 0 Å². The third-order valence-electron chi connectivity index (χ3n) is 4.58. The van der Waals surface area contributed by atoms with E-state index in [0.29, 0.717) is 26.9 Å². The molecule has 3 N–H and O–H groups in total. The van der Waals surface area contributed by atoms with Crippen molar-refractivity contribution in [2.45, 2.75) is 6.92 Å². The van der Waals surface area contributed by atoms with E-state index in [1.807, 2.05) is 0 Å². The summed E-state index contributed by atoms with van der Waals surface area (Å²) in [6.07, 6.45) is 0. The normalized spacial score (nSPS) is 11.4. The Morgan fingerprint density at radius 1 is 1.21 bits per heavy atom. The molecule has 2 heterocycles. The predicted molar refractivity (Wildman–Crippen MR) is 122 cm³/mol. The number of nitrogen functional groups attached to an aromatic ring is 1. The lowest BCUT2D eigenvalue weighted by Gasteiger charge is -2.07. The average molecular weight is 502 g/mol. The predicted octanol–water partition coefficient (Wildman–Crippen LogP) is 3.27. The molecule has 2 aromatic heterocycles. The van der Waals surface area contributed by atoms with E-state index < -0.39 is 10.8 Å². The lowest BCUT2D eigenvalue weighted by Crippen LogP contribution is -2.21. The molecule has 0 atom stereocenters. The van der Waals surface area contributed by atoms with Gasteiger partial charge in [-0.15, -0.1) is 5.10 Å². The summed E-state index contributed by atoms with van der Waals surface area (Å²) < 4.78 is 5.74. The summed E-state index contributed by atoms with van der Waals surface area (Å²) in [5.41, 5.74) is 9.33. The first-order chi connectivity index (χ1) is 16.3. The zero-order chi connectivity index (χ0) is 24.4. The quantitative estimate of drug-likeness (QED) is 0.227. The summed E-state index contributed by atoms with van der Waals surface area (Å²) in [6, 6.07) is 10.2. The summed E-state index contributed by atoms with van der Waals surface area (Å²) in [6.45, 7) is 1.64. The lowest BCUT2D eigenvalue weighted by molar-refractivity contribution is -0.384. The topological polar surface area (TPSA) is 180 Å². The Bertz CT molecular complexity index is 1430. The highest BCUT2D eigenvalue weighted by atomic mass is 35.5. The second kappa shape index (κ2) is 9.25. The van der Waals surface area contributed by atoms with Crippen molar-refractivity contribution in [3.8, 4) is 17.1 Å². The standard InChI is InChI=1S/C19H13Cl2N9O4/c1-9(13-7-4-11(20)8-14(13)21)23-25-19(31)15-16(10-2-5-12(6-3-10)30(32)33)29(28-24-15)18-17(22)26-34-27-18/h2-8H,1H3,(H2,22,26)(H,25,31)/b23-9+. The Morgan fingerprint density at radius 2 is 1.94 bits per heavy atom. The van der Waals surface area contributed by atoms with Gasteiger partial charge in [0.25, 0.3) is 11.6 Å². The number of nitrogens with one attached hydrogen (secondary N) is 1. The van der Waals surface area contributed by atoms with Crippen molar-refractivity contribution in [1.82, 2.24) is 30.7 Å². The summed E-state index contributed by atoms with van der Waals surface area (Å²) >= 11 is 12.1. The van der Waals surface area contributed by atoms with Gasteiger partial charge in [-0.2, -0.15) is 9.78 Å². The monoisotopic (exact) mass is 501 g/mol. The fourth-order valence-corrected chi connectivity index (χ4v) is 3.50. The van der Waals surface area contributed by atoms with Crippen molar-refractivity contribution in [3.63, 3.8) is 0 Å². The minimum atomic E-state index is -0.723. The van der Waals surface area contributed by atoms with E-state index in [1.165, 1.54) is 24.3 Å². The molecule has 172 valence electrons. The Balaban J connectivity index is 1.72. The van der Waals surface area contributed by atoms with Crippen molar-refractivity contribution >= 4 is 46.3 Å². The van der Waals surface area contributed by atoms with Crippen molar-refractivity contribution < 1.29 is 14.3 Å². The van der Waals surface area contributed by atoms with Gasteiger partial charge in [-0.25, -0.2) is 10.1 Å². The lowest BCUT2D eigenvalue weighted by atomic mass is 10.1. The first-order valence-corrected chi connectivity index (χ1v) is 10.1. The number of halogens is 2. The van der Waals surface area contributed by atoms with Gasteiger partial charge in [0.15, 0.2) is 5.69 Å². The highest BCUT2D eigenvalue weighted by Gasteiger charge is 2.25. The maximum absolute atomic E-state index is 13.0. The van der Waals surface area contributed by atoms with Crippen LogP contribution in [0.4, 0.5) is 11.5 Å². The van der Waals surface area contributed by atoms with Gasteiger partial charge >= 0.3 is 0 Å². The van der Waals surface area contributed by atoms with E-state index in [0.717, 1.165) is 4.68 Å². The van der Waals surface area contributed by atoms with E-state index in [2.05, 4.69) is 35.8 Å². The SMILES string of the molecule is C/C(=N\NC(=O)c1nnn(-c2nonc2N)c1-c1ccc([N+](=O)[O-])cc1)c1ccc(Cl)cc1Cl. The van der Waals surface area contributed by atoms with Crippen LogP contribution in [0.15, 0.2) is 52.2 Å². The number of hydrogen-bond donors (Lipinski definition) is 2. The van der Waals surface area contributed by atoms with Gasteiger partial charge in [-0.1, -0.05) is 34.5 Å². The summed E-state index contributed by atoms with van der Waals surface area (Å²) in [5.74, 6) is -0.849. The molecular formula is C19H13Cl2N9O4. The molecule has 0 radical (unpaired) electrons. The van der Waals surface area contributed by atoms with Crippen LogP contribution >= 0.6 is 23.2 Å². The van der Waals surface area contributed by atoms with Gasteiger partial charge in [-0.3, -0.25) is 14.9 Å². The highest BCUT2D eigenvalue weighted by molar-refractivity contribution is 6.37. The maximum Gasteiger partial charge on any atom is 0.294 e. The number of anilines is 1. The zero-order valence-electron chi connectivity index (χ0n) is 17.1. The molecule has 13 nitrogen and oxygen atoms in total. The van der Waals surface area contributed by atoms with E-state index in [-0.39, 0.29) is 28.7 Å². The Hall–Kier alpha value is -4.36. The maximum atomic E-state index is 13.0. The number of nitrogens with zero attached hydrogens (tertiary/aromatic N) is 7. The molecule has 0 fully saturated rings. The number of nitrogens with two attached hydrogens (primary N) is 1. The van der Waals surface area contributed by atoms with Crippen molar-refractivity contribution in [2.75, 3.05) is 5.73 Å². The molecule has 0 aliphatic carbocycles. The smallest absolute Gasteiger partial charge is 0.294 e. The Kier molecular flexibility index (Phi) is 6.21. The van der Waals surface area contributed by atoms with Crippen molar-refractivity contribution in [3.05, 3.63) is 73.9 Å². The Labute approximate surface area is 200 Å². The first kappa shape index (κ1) is 22.8. The molecule has 0 spiro atoms. The number of non-ortho nitro benzene ring substituents is 1. The van der Waals surface area contributed by atoms with Crippen LogP contribution in [0.25, 0.3) is 17.1 Å². The number of hydrazone groups is 1. The summed E-state index contributed by atoms with van der Waals surface area (Å²) in [5, 5.41) is 30.9. The van der Waals surface area contributed by atoms with E-state index in [9.17, 15) is 14.9 Å². The number of aromatic nitrogens is 5. The molecule has 34 heavy (non-hydrogen) atoms. The van der Waals surface area contributed by atoms with Gasteiger partial charge < -0.3 is 5.73 Å². The summed E-state index contributed by atoms with van der Waals surface area (Å²) in [4.78, 5) is 23.4. The van der Waals surface area contributed by atoms with Crippen LogP contribution < -0.4 is 11.2 Å². The van der Waals surface area contributed by atoms with Crippen LogP contribution in [0, 0.1) is 10.1 Å². The zero-order valence-corrected chi connectivity index (χ0v) is 18.7. The molecule has 0 bridgehead atoms. The van der Waals surface area contributed by atoms with Gasteiger partial charge in [0.2, 0.25) is 11.6 Å². The van der Waals surface area contributed by atoms with Crippen LogP contribution in [0.2, 0.25) is 10.0 Å². The molecule has 0 unspecified atom stereocenters. The second-order valence-corrected chi connectivity index (χ2v) is 7.58. The molecule has 15 heteroatoms. The first-order valence-electron chi connectivity index (χ1n) is 9.35. The molecule has 2 aromatic carbocycles. The van der Waals surface area contributed by atoms with E-state index >= 15 is 0 Å².